The molecule has 106 valence electrons. The van der Waals surface area contributed by atoms with Gasteiger partial charge in [0.15, 0.2) is 5.78 Å². The van der Waals surface area contributed by atoms with E-state index in [1.165, 1.54) is 11.1 Å². The van der Waals surface area contributed by atoms with Crippen LogP contribution in [0, 0.1) is 0 Å². The SMILES string of the molecule is CCCC1=C(Cc2ccccc2)C/C(=C(\N)CC)C1=O. The van der Waals surface area contributed by atoms with Gasteiger partial charge in [-0.2, -0.15) is 0 Å². The van der Waals surface area contributed by atoms with Crippen LogP contribution in [-0.4, -0.2) is 5.78 Å². The summed E-state index contributed by atoms with van der Waals surface area (Å²) in [5.41, 5.74) is 11.1. The molecule has 1 aliphatic carbocycles. The van der Waals surface area contributed by atoms with Crippen LogP contribution < -0.4 is 5.73 Å². The maximum Gasteiger partial charge on any atom is 0.187 e. The van der Waals surface area contributed by atoms with E-state index in [1.54, 1.807) is 0 Å². The predicted octanol–water partition coefficient (Wildman–Crippen LogP) is 3.92. The first-order chi connectivity index (χ1) is 9.67. The van der Waals surface area contributed by atoms with Gasteiger partial charge < -0.3 is 5.73 Å². The summed E-state index contributed by atoms with van der Waals surface area (Å²) >= 11 is 0. The van der Waals surface area contributed by atoms with E-state index in [2.05, 4.69) is 19.1 Å². The fourth-order valence-electron chi connectivity index (χ4n) is 2.77. The van der Waals surface area contributed by atoms with Gasteiger partial charge in [-0.05, 0) is 36.8 Å². The molecule has 0 radical (unpaired) electrons. The van der Waals surface area contributed by atoms with Gasteiger partial charge in [0.25, 0.3) is 0 Å². The lowest BCUT2D eigenvalue weighted by Crippen LogP contribution is -2.07. The Morgan fingerprint density at radius 2 is 1.90 bits per heavy atom. The summed E-state index contributed by atoms with van der Waals surface area (Å²) in [5, 5.41) is 0. The van der Waals surface area contributed by atoms with Crippen LogP contribution in [0.3, 0.4) is 0 Å². The van der Waals surface area contributed by atoms with Crippen LogP contribution in [0.4, 0.5) is 0 Å². The van der Waals surface area contributed by atoms with E-state index in [9.17, 15) is 4.79 Å². The number of rotatable bonds is 5. The molecule has 1 aliphatic rings. The van der Waals surface area contributed by atoms with Gasteiger partial charge in [-0.15, -0.1) is 0 Å². The van der Waals surface area contributed by atoms with Crippen molar-refractivity contribution in [1.82, 2.24) is 0 Å². The van der Waals surface area contributed by atoms with Crippen LogP contribution in [-0.2, 0) is 11.2 Å². The fraction of sp³-hybridized carbons (Fsp3) is 0.389. The zero-order chi connectivity index (χ0) is 14.5. The van der Waals surface area contributed by atoms with Crippen molar-refractivity contribution in [1.29, 1.82) is 0 Å². The Balaban J connectivity index is 2.30. The van der Waals surface area contributed by atoms with Crippen molar-refractivity contribution < 1.29 is 4.79 Å². The molecule has 0 saturated heterocycles. The van der Waals surface area contributed by atoms with E-state index in [4.69, 9.17) is 5.73 Å². The van der Waals surface area contributed by atoms with Crippen molar-refractivity contribution in [2.75, 3.05) is 0 Å². The first kappa shape index (κ1) is 14.6. The molecule has 1 aromatic carbocycles. The lowest BCUT2D eigenvalue weighted by Gasteiger charge is -2.05. The normalized spacial score (nSPS) is 17.8. The summed E-state index contributed by atoms with van der Waals surface area (Å²) < 4.78 is 0. The highest BCUT2D eigenvalue weighted by atomic mass is 16.1. The van der Waals surface area contributed by atoms with Crippen molar-refractivity contribution in [3.63, 3.8) is 0 Å². The van der Waals surface area contributed by atoms with Gasteiger partial charge in [0.05, 0.1) is 0 Å². The second-order valence-corrected chi connectivity index (χ2v) is 5.36. The fourth-order valence-corrected chi connectivity index (χ4v) is 2.77. The van der Waals surface area contributed by atoms with Crippen LogP contribution in [0.15, 0.2) is 52.7 Å². The third-order valence-corrected chi connectivity index (χ3v) is 3.89. The van der Waals surface area contributed by atoms with Gasteiger partial charge in [-0.3, -0.25) is 4.79 Å². The molecular formula is C18H23NO. The molecule has 20 heavy (non-hydrogen) atoms. The molecule has 2 heteroatoms. The van der Waals surface area contributed by atoms with E-state index in [1.807, 2.05) is 25.1 Å². The number of carbonyl (C=O) groups excluding carboxylic acids is 1. The van der Waals surface area contributed by atoms with Crippen molar-refractivity contribution in [3.8, 4) is 0 Å². The maximum absolute atomic E-state index is 12.5. The first-order valence-electron chi connectivity index (χ1n) is 7.44. The van der Waals surface area contributed by atoms with Gasteiger partial charge in [0, 0.05) is 11.3 Å². The van der Waals surface area contributed by atoms with Crippen LogP contribution >= 0.6 is 0 Å². The summed E-state index contributed by atoms with van der Waals surface area (Å²) in [6.07, 6.45) is 4.21. The minimum Gasteiger partial charge on any atom is -0.402 e. The van der Waals surface area contributed by atoms with Crippen molar-refractivity contribution in [2.24, 2.45) is 5.73 Å². The molecule has 1 aromatic rings. The smallest absolute Gasteiger partial charge is 0.187 e. The Labute approximate surface area is 121 Å². The van der Waals surface area contributed by atoms with E-state index >= 15 is 0 Å². The lowest BCUT2D eigenvalue weighted by atomic mass is 9.99. The summed E-state index contributed by atoms with van der Waals surface area (Å²) in [6.45, 7) is 4.12. The second kappa shape index (κ2) is 6.56. The maximum atomic E-state index is 12.5. The predicted molar refractivity (Wildman–Crippen MR) is 83.2 cm³/mol. The van der Waals surface area contributed by atoms with Gasteiger partial charge >= 0.3 is 0 Å². The van der Waals surface area contributed by atoms with Crippen molar-refractivity contribution >= 4 is 5.78 Å². The number of carbonyl (C=O) groups is 1. The Morgan fingerprint density at radius 1 is 1.20 bits per heavy atom. The Bertz CT molecular complexity index is 552. The molecule has 0 aromatic heterocycles. The summed E-state index contributed by atoms with van der Waals surface area (Å²) in [6, 6.07) is 10.3. The van der Waals surface area contributed by atoms with Gasteiger partial charge in [0.1, 0.15) is 0 Å². The molecule has 0 saturated carbocycles. The van der Waals surface area contributed by atoms with E-state index < -0.39 is 0 Å². The third-order valence-electron chi connectivity index (χ3n) is 3.89. The molecule has 0 amide bonds. The third kappa shape index (κ3) is 3.01. The zero-order valence-corrected chi connectivity index (χ0v) is 12.4. The van der Waals surface area contributed by atoms with Crippen molar-refractivity contribution in [3.05, 3.63) is 58.3 Å². The van der Waals surface area contributed by atoms with Gasteiger partial charge in [0.2, 0.25) is 0 Å². The number of Topliss-reactive ketones (excluding diaryl/α,β-unsaturated/α-hetero) is 1. The quantitative estimate of drug-likeness (QED) is 0.823. The highest BCUT2D eigenvalue weighted by Gasteiger charge is 2.28. The van der Waals surface area contributed by atoms with Crippen LogP contribution in [0.2, 0.25) is 0 Å². The minimum absolute atomic E-state index is 0.192. The molecule has 0 spiro atoms. The highest BCUT2D eigenvalue weighted by Crippen LogP contribution is 2.34. The van der Waals surface area contributed by atoms with Crippen LogP contribution in [0.1, 0.15) is 45.1 Å². The largest absolute Gasteiger partial charge is 0.402 e. The number of nitrogens with two attached hydrogens (primary N) is 1. The van der Waals surface area contributed by atoms with E-state index in [0.29, 0.717) is 0 Å². The molecule has 0 bridgehead atoms. The van der Waals surface area contributed by atoms with Crippen LogP contribution in [0.25, 0.3) is 0 Å². The van der Waals surface area contributed by atoms with E-state index in [-0.39, 0.29) is 5.78 Å². The van der Waals surface area contributed by atoms with Gasteiger partial charge in [-0.25, -0.2) is 0 Å². The highest BCUT2D eigenvalue weighted by molar-refractivity contribution is 6.12. The summed E-state index contributed by atoms with van der Waals surface area (Å²) in [5.74, 6) is 0.192. The number of benzene rings is 1. The summed E-state index contributed by atoms with van der Waals surface area (Å²) in [7, 11) is 0. The Kier molecular flexibility index (Phi) is 4.78. The monoisotopic (exact) mass is 269 g/mol. The summed E-state index contributed by atoms with van der Waals surface area (Å²) in [4.78, 5) is 12.5. The number of allylic oxidation sites excluding steroid dienone is 4. The number of hydrogen-bond acceptors (Lipinski definition) is 2. The topological polar surface area (TPSA) is 43.1 Å². The number of ketones is 1. The molecule has 0 aliphatic heterocycles. The molecule has 2 rings (SSSR count). The minimum atomic E-state index is 0.192. The van der Waals surface area contributed by atoms with Gasteiger partial charge in [-0.1, -0.05) is 56.2 Å². The molecule has 2 N–H and O–H groups in total. The van der Waals surface area contributed by atoms with Crippen molar-refractivity contribution in [2.45, 2.75) is 46.0 Å². The number of hydrogen-bond donors (Lipinski definition) is 1. The molecule has 0 unspecified atom stereocenters. The molecule has 0 fully saturated rings. The second-order valence-electron chi connectivity index (χ2n) is 5.36. The Morgan fingerprint density at radius 3 is 2.50 bits per heavy atom. The molecule has 2 nitrogen and oxygen atoms in total. The zero-order valence-electron chi connectivity index (χ0n) is 12.4. The lowest BCUT2D eigenvalue weighted by molar-refractivity contribution is -0.112. The molecular weight excluding hydrogens is 246 g/mol. The first-order valence-corrected chi connectivity index (χ1v) is 7.44. The molecule has 0 heterocycles. The van der Waals surface area contributed by atoms with E-state index in [0.717, 1.165) is 48.9 Å². The Hall–Kier alpha value is -1.83. The average Bonchev–Trinajstić information content (AvgIpc) is 2.77. The molecule has 0 atom stereocenters. The standard InChI is InChI=1S/C18H23NO/c1-3-8-15-14(11-13-9-6-5-7-10-13)12-16(18(15)20)17(19)4-2/h5-7,9-10H,3-4,8,11-12,19H2,1-2H3/b17-16+. The van der Waals surface area contributed by atoms with Crippen LogP contribution in [0.5, 0.6) is 0 Å². The average molecular weight is 269 g/mol.